The van der Waals surface area contributed by atoms with Crippen molar-refractivity contribution in [3.8, 4) is 11.5 Å². The van der Waals surface area contributed by atoms with Gasteiger partial charge < -0.3 is 15.4 Å². The van der Waals surface area contributed by atoms with E-state index in [1.54, 1.807) is 37.5 Å². The first-order valence-corrected chi connectivity index (χ1v) is 10.8. The van der Waals surface area contributed by atoms with E-state index in [4.69, 9.17) is 4.74 Å². The Morgan fingerprint density at radius 1 is 1.34 bits per heavy atom. The number of guanidine groups is 1. The van der Waals surface area contributed by atoms with E-state index in [0.29, 0.717) is 30.2 Å². The minimum atomic E-state index is -3.01. The van der Waals surface area contributed by atoms with Gasteiger partial charge in [-0.3, -0.25) is 9.98 Å². The van der Waals surface area contributed by atoms with E-state index in [1.165, 1.54) is 18.5 Å². The summed E-state index contributed by atoms with van der Waals surface area (Å²) in [6, 6.07) is 8.03. The van der Waals surface area contributed by atoms with Crippen LogP contribution in [-0.4, -0.2) is 44.5 Å². The molecule has 2 rings (SSSR count). The topological polar surface area (TPSA) is 92.7 Å². The number of rotatable bonds is 8. The van der Waals surface area contributed by atoms with Gasteiger partial charge in [-0.25, -0.2) is 12.8 Å². The van der Waals surface area contributed by atoms with Crippen LogP contribution in [0.3, 0.4) is 0 Å². The Morgan fingerprint density at radius 3 is 2.69 bits per heavy atom. The predicted octanol–water partition coefficient (Wildman–Crippen LogP) is 3.12. The molecule has 1 heterocycles. The van der Waals surface area contributed by atoms with Crippen LogP contribution in [0, 0.1) is 5.82 Å². The molecular formula is C19H26FIN4O3S. The van der Waals surface area contributed by atoms with Gasteiger partial charge in [0.15, 0.2) is 17.5 Å². The van der Waals surface area contributed by atoms with Gasteiger partial charge in [0.25, 0.3) is 0 Å². The lowest BCUT2D eigenvalue weighted by Gasteiger charge is -2.18. The van der Waals surface area contributed by atoms with Gasteiger partial charge in [-0.2, -0.15) is 0 Å². The summed E-state index contributed by atoms with van der Waals surface area (Å²) in [5, 5.41) is 6.20. The van der Waals surface area contributed by atoms with Crippen molar-refractivity contribution in [3.05, 3.63) is 54.1 Å². The van der Waals surface area contributed by atoms with Gasteiger partial charge in [-0.1, -0.05) is 6.07 Å². The minimum Gasteiger partial charge on any atom is -0.453 e. The predicted molar refractivity (Wildman–Crippen MR) is 123 cm³/mol. The Labute approximate surface area is 188 Å². The first kappa shape index (κ1) is 25.1. The summed E-state index contributed by atoms with van der Waals surface area (Å²) in [6.45, 7) is 2.23. The normalized spacial score (nSPS) is 12.6. The lowest BCUT2D eigenvalue weighted by Crippen LogP contribution is -2.42. The van der Waals surface area contributed by atoms with Crippen molar-refractivity contribution in [1.29, 1.82) is 0 Å². The van der Waals surface area contributed by atoms with Crippen LogP contribution in [0.25, 0.3) is 0 Å². The molecule has 1 aromatic heterocycles. The Morgan fingerprint density at radius 2 is 2.10 bits per heavy atom. The van der Waals surface area contributed by atoms with Crippen LogP contribution in [0.15, 0.2) is 47.7 Å². The lowest BCUT2D eigenvalue weighted by atomic mass is 10.2. The molecule has 1 aromatic carbocycles. The highest BCUT2D eigenvalue weighted by Crippen LogP contribution is 2.24. The molecule has 1 atom stereocenters. The number of hydrogen-bond donors (Lipinski definition) is 2. The largest absolute Gasteiger partial charge is 0.453 e. The molecule has 160 valence electrons. The minimum absolute atomic E-state index is 0. The van der Waals surface area contributed by atoms with E-state index in [0.717, 1.165) is 0 Å². The molecule has 29 heavy (non-hydrogen) atoms. The van der Waals surface area contributed by atoms with E-state index in [9.17, 15) is 12.8 Å². The van der Waals surface area contributed by atoms with Crippen LogP contribution in [0.1, 0.15) is 18.9 Å². The van der Waals surface area contributed by atoms with Crippen molar-refractivity contribution in [1.82, 2.24) is 15.6 Å². The number of ether oxygens (including phenoxy) is 1. The van der Waals surface area contributed by atoms with Gasteiger partial charge in [0.05, 0.1) is 11.9 Å². The fraction of sp³-hybridized carbons (Fsp3) is 0.368. The number of hydrogen-bond acceptors (Lipinski definition) is 5. The van der Waals surface area contributed by atoms with Crippen LogP contribution < -0.4 is 15.4 Å². The third-order valence-corrected chi connectivity index (χ3v) is 4.82. The highest BCUT2D eigenvalue weighted by atomic mass is 127. The second kappa shape index (κ2) is 11.9. The van der Waals surface area contributed by atoms with Crippen molar-refractivity contribution in [2.24, 2.45) is 4.99 Å². The number of halogens is 2. The summed E-state index contributed by atoms with van der Waals surface area (Å²) < 4.78 is 42.3. The first-order valence-electron chi connectivity index (χ1n) is 8.78. The zero-order valence-electron chi connectivity index (χ0n) is 16.6. The molecule has 2 aromatic rings. The fourth-order valence-corrected chi connectivity index (χ4v) is 3.13. The number of aliphatic imine (C=N–C) groups is 1. The molecule has 0 aliphatic heterocycles. The van der Waals surface area contributed by atoms with Gasteiger partial charge in [-0.15, -0.1) is 24.0 Å². The van der Waals surface area contributed by atoms with Crippen LogP contribution in [0.2, 0.25) is 0 Å². The molecule has 0 radical (unpaired) electrons. The summed E-state index contributed by atoms with van der Waals surface area (Å²) in [4.78, 5) is 8.03. The maximum atomic E-state index is 14.3. The number of sulfone groups is 1. The molecule has 0 saturated carbocycles. The summed E-state index contributed by atoms with van der Waals surface area (Å²) in [5.74, 6) is 0.709. The standard InChI is InChI=1S/C19H25FN4O3S.HI/c1-14(8-10-28(3,25)26)24-19(21-2)23-12-15-6-7-18(17(20)11-15)27-16-5-4-9-22-13-16;/h4-7,9,11,13-14H,8,10,12H2,1-3H3,(H2,21,23,24);1H. The highest BCUT2D eigenvalue weighted by Gasteiger charge is 2.10. The Hall–Kier alpha value is -1.95. The Bertz CT molecular complexity index is 911. The second-order valence-electron chi connectivity index (χ2n) is 6.45. The Kier molecular flexibility index (Phi) is 10.3. The van der Waals surface area contributed by atoms with E-state index in [2.05, 4.69) is 20.6 Å². The van der Waals surface area contributed by atoms with Crippen LogP contribution in [-0.2, 0) is 16.4 Å². The van der Waals surface area contributed by atoms with E-state index < -0.39 is 15.7 Å². The number of nitrogens with zero attached hydrogens (tertiary/aromatic N) is 2. The number of aromatic nitrogens is 1. The second-order valence-corrected chi connectivity index (χ2v) is 8.71. The monoisotopic (exact) mass is 536 g/mol. The molecular weight excluding hydrogens is 510 g/mol. The zero-order valence-corrected chi connectivity index (χ0v) is 19.7. The molecule has 0 aliphatic carbocycles. The molecule has 1 unspecified atom stereocenters. The maximum Gasteiger partial charge on any atom is 0.191 e. The molecule has 7 nitrogen and oxygen atoms in total. The Balaban J connectivity index is 0.00000420. The van der Waals surface area contributed by atoms with Gasteiger partial charge in [-0.05, 0) is 43.2 Å². The van der Waals surface area contributed by atoms with Gasteiger partial charge in [0, 0.05) is 32.1 Å². The molecule has 0 fully saturated rings. The van der Waals surface area contributed by atoms with Crippen molar-refractivity contribution < 1.29 is 17.5 Å². The quantitative estimate of drug-likeness (QED) is 0.306. The van der Waals surface area contributed by atoms with Gasteiger partial charge in [0.1, 0.15) is 15.6 Å². The molecule has 2 N–H and O–H groups in total. The number of pyridine rings is 1. The zero-order chi connectivity index (χ0) is 20.6. The summed E-state index contributed by atoms with van der Waals surface area (Å²) in [7, 11) is -1.39. The van der Waals surface area contributed by atoms with Gasteiger partial charge >= 0.3 is 0 Å². The van der Waals surface area contributed by atoms with Crippen molar-refractivity contribution in [2.45, 2.75) is 25.9 Å². The number of nitrogens with one attached hydrogen (secondary N) is 2. The summed E-state index contributed by atoms with van der Waals surface area (Å²) in [5.41, 5.74) is 0.711. The summed E-state index contributed by atoms with van der Waals surface area (Å²) in [6.07, 6.45) is 4.80. The molecule has 0 amide bonds. The highest BCUT2D eigenvalue weighted by molar-refractivity contribution is 14.0. The van der Waals surface area contributed by atoms with Crippen LogP contribution >= 0.6 is 24.0 Å². The average Bonchev–Trinajstić information content (AvgIpc) is 2.65. The van der Waals surface area contributed by atoms with E-state index >= 15 is 0 Å². The summed E-state index contributed by atoms with van der Waals surface area (Å²) >= 11 is 0. The van der Waals surface area contributed by atoms with E-state index in [-0.39, 0.29) is 41.5 Å². The SMILES string of the molecule is CN=C(NCc1ccc(Oc2cccnc2)c(F)c1)NC(C)CCS(C)(=O)=O.I. The van der Waals surface area contributed by atoms with Crippen molar-refractivity contribution in [2.75, 3.05) is 19.1 Å². The van der Waals surface area contributed by atoms with Crippen molar-refractivity contribution in [3.63, 3.8) is 0 Å². The molecule has 10 heteroatoms. The van der Waals surface area contributed by atoms with Gasteiger partial charge in [0.2, 0.25) is 0 Å². The maximum absolute atomic E-state index is 14.3. The number of benzene rings is 1. The smallest absolute Gasteiger partial charge is 0.191 e. The lowest BCUT2D eigenvalue weighted by molar-refractivity contribution is 0.440. The average molecular weight is 536 g/mol. The van der Waals surface area contributed by atoms with E-state index in [1.807, 2.05) is 6.92 Å². The third-order valence-electron chi connectivity index (χ3n) is 3.85. The fourth-order valence-electron chi connectivity index (χ4n) is 2.35. The third kappa shape index (κ3) is 9.39. The van der Waals surface area contributed by atoms with Crippen LogP contribution in [0.5, 0.6) is 11.5 Å². The molecule has 0 saturated heterocycles. The van der Waals surface area contributed by atoms with Crippen molar-refractivity contribution >= 4 is 39.8 Å². The molecule has 0 aliphatic rings. The first-order chi connectivity index (χ1) is 13.3. The van der Waals surface area contributed by atoms with Crippen LogP contribution in [0.4, 0.5) is 4.39 Å². The molecule has 0 spiro atoms. The molecule has 0 bridgehead atoms.